The first-order valence-electron chi connectivity index (χ1n) is 4.89. The number of likely N-dealkylation sites (N-methyl/N-ethyl adjacent to an activating group) is 1. The molecule has 1 aromatic rings. The Morgan fingerprint density at radius 2 is 2.07 bits per heavy atom. The molecule has 0 radical (unpaired) electrons. The van der Waals surface area contributed by atoms with Gasteiger partial charge >= 0.3 is 0 Å². The van der Waals surface area contributed by atoms with E-state index in [4.69, 9.17) is 0 Å². The molecule has 0 heterocycles. The van der Waals surface area contributed by atoms with Crippen molar-refractivity contribution in [2.75, 3.05) is 13.1 Å². The van der Waals surface area contributed by atoms with E-state index in [1.807, 2.05) is 12.2 Å². The second-order valence-electron chi connectivity index (χ2n) is 3.30. The largest absolute Gasteiger partial charge is 0.382 e. The molecule has 0 bridgehead atoms. The third kappa shape index (κ3) is 3.30. The van der Waals surface area contributed by atoms with Crippen LogP contribution >= 0.6 is 0 Å². The van der Waals surface area contributed by atoms with Crippen molar-refractivity contribution in [3.8, 4) is 0 Å². The zero-order valence-corrected chi connectivity index (χ0v) is 8.59. The van der Waals surface area contributed by atoms with Gasteiger partial charge in [-0.25, -0.2) is 0 Å². The number of quaternary nitrogens is 1. The monoisotopic (exact) mass is 211 g/mol. The van der Waals surface area contributed by atoms with Crippen LogP contribution in [-0.4, -0.2) is 23.1 Å². The number of nitrogens with zero attached hydrogens (tertiary/aromatic N) is 1. The zero-order valence-electron chi connectivity index (χ0n) is 8.59. The van der Waals surface area contributed by atoms with Gasteiger partial charge in [-0.1, -0.05) is 0 Å². The van der Waals surface area contributed by atoms with Gasteiger partial charge in [0.1, 0.15) is 12.6 Å². The minimum atomic E-state index is -0.564. The van der Waals surface area contributed by atoms with Gasteiger partial charge in [0.05, 0.1) is 11.5 Å². The molecule has 0 aliphatic rings. The summed E-state index contributed by atoms with van der Waals surface area (Å²) < 4.78 is 0. The fraction of sp³-hybridized carbons (Fsp3) is 0.400. The van der Waals surface area contributed by atoms with Crippen LogP contribution in [0.3, 0.4) is 0 Å². The van der Waals surface area contributed by atoms with Crippen LogP contribution in [0, 0.1) is 10.1 Å². The van der Waals surface area contributed by atoms with Crippen LogP contribution in [0.15, 0.2) is 24.3 Å². The maximum absolute atomic E-state index is 10.4. The number of aliphatic hydroxyl groups excluding tert-OH is 1. The molecular weight excluding hydrogens is 196 g/mol. The number of nitro benzene ring substituents is 1. The van der Waals surface area contributed by atoms with Gasteiger partial charge < -0.3 is 10.4 Å². The number of nitrogens with two attached hydrogens (primary N) is 1. The molecule has 0 saturated carbocycles. The third-order valence-corrected chi connectivity index (χ3v) is 2.17. The van der Waals surface area contributed by atoms with E-state index in [0.717, 1.165) is 6.54 Å². The normalized spacial score (nSPS) is 12.4. The highest BCUT2D eigenvalue weighted by Gasteiger charge is 2.11. The Morgan fingerprint density at radius 1 is 1.47 bits per heavy atom. The van der Waals surface area contributed by atoms with Crippen molar-refractivity contribution in [3.05, 3.63) is 39.9 Å². The third-order valence-electron chi connectivity index (χ3n) is 2.17. The standard InChI is InChI=1S/C10H14N2O3/c1-2-11-7-10(13)8-3-5-9(6-4-8)12(14)15/h3-6,10-11,13H,2,7H2,1H3/p+1/t10-/m0/s1. The number of aliphatic hydroxyl groups is 1. The molecule has 3 N–H and O–H groups in total. The van der Waals surface area contributed by atoms with Crippen molar-refractivity contribution in [3.63, 3.8) is 0 Å². The van der Waals surface area contributed by atoms with Gasteiger partial charge in [-0.3, -0.25) is 10.1 Å². The molecule has 1 aromatic carbocycles. The lowest BCUT2D eigenvalue weighted by Crippen LogP contribution is -2.84. The van der Waals surface area contributed by atoms with E-state index in [2.05, 4.69) is 0 Å². The van der Waals surface area contributed by atoms with Gasteiger partial charge in [-0.05, 0) is 24.6 Å². The Bertz CT molecular complexity index is 324. The number of non-ortho nitro benzene ring substituents is 1. The summed E-state index contributed by atoms with van der Waals surface area (Å²) in [7, 11) is 0. The lowest BCUT2D eigenvalue weighted by atomic mass is 10.1. The molecular formula is C10H15N2O3+. The highest BCUT2D eigenvalue weighted by molar-refractivity contribution is 5.33. The predicted octanol–water partition coefficient (Wildman–Crippen LogP) is 0.212. The number of hydrogen-bond acceptors (Lipinski definition) is 3. The maximum Gasteiger partial charge on any atom is 0.269 e. The summed E-state index contributed by atoms with van der Waals surface area (Å²) in [4.78, 5) is 9.94. The van der Waals surface area contributed by atoms with Crippen LogP contribution in [0.4, 0.5) is 5.69 Å². The molecule has 1 atom stereocenters. The van der Waals surface area contributed by atoms with Crippen LogP contribution in [0.25, 0.3) is 0 Å². The molecule has 0 aliphatic heterocycles. The highest BCUT2D eigenvalue weighted by atomic mass is 16.6. The summed E-state index contributed by atoms with van der Waals surface area (Å²) in [5, 5.41) is 22.0. The Kier molecular flexibility index (Phi) is 4.20. The molecule has 0 unspecified atom stereocenters. The van der Waals surface area contributed by atoms with Gasteiger partial charge in [0, 0.05) is 12.1 Å². The fourth-order valence-corrected chi connectivity index (χ4v) is 1.28. The van der Waals surface area contributed by atoms with E-state index < -0.39 is 11.0 Å². The average molecular weight is 211 g/mol. The topological polar surface area (TPSA) is 80.0 Å². The number of rotatable bonds is 5. The van der Waals surface area contributed by atoms with Crippen LogP contribution in [-0.2, 0) is 0 Å². The van der Waals surface area contributed by atoms with Gasteiger partial charge in [0.15, 0.2) is 0 Å². The van der Waals surface area contributed by atoms with Gasteiger partial charge in [-0.15, -0.1) is 0 Å². The van der Waals surface area contributed by atoms with Crippen LogP contribution < -0.4 is 5.32 Å². The van der Waals surface area contributed by atoms with E-state index in [1.165, 1.54) is 12.1 Å². The van der Waals surface area contributed by atoms with Gasteiger partial charge in [0.25, 0.3) is 5.69 Å². The first kappa shape index (κ1) is 11.6. The van der Waals surface area contributed by atoms with Gasteiger partial charge in [-0.2, -0.15) is 0 Å². The van der Waals surface area contributed by atoms with Crippen LogP contribution in [0.2, 0.25) is 0 Å². The molecule has 5 nitrogen and oxygen atoms in total. The van der Waals surface area contributed by atoms with E-state index in [9.17, 15) is 15.2 Å². The summed E-state index contributed by atoms with van der Waals surface area (Å²) >= 11 is 0. The molecule has 0 spiro atoms. The molecule has 15 heavy (non-hydrogen) atoms. The molecule has 0 saturated heterocycles. The van der Waals surface area contributed by atoms with Crippen molar-refractivity contribution in [2.45, 2.75) is 13.0 Å². The Morgan fingerprint density at radius 3 is 2.53 bits per heavy atom. The van der Waals surface area contributed by atoms with Crippen molar-refractivity contribution in [2.24, 2.45) is 0 Å². The molecule has 82 valence electrons. The summed E-state index contributed by atoms with van der Waals surface area (Å²) in [6.07, 6.45) is -0.564. The molecule has 0 amide bonds. The van der Waals surface area contributed by atoms with Crippen LogP contribution in [0.1, 0.15) is 18.6 Å². The minimum absolute atomic E-state index is 0.0467. The summed E-state index contributed by atoms with van der Waals surface area (Å²) in [5.74, 6) is 0. The quantitative estimate of drug-likeness (QED) is 0.539. The van der Waals surface area contributed by atoms with Gasteiger partial charge in [0.2, 0.25) is 0 Å². The molecule has 0 aromatic heterocycles. The number of nitro groups is 1. The average Bonchev–Trinajstić information content (AvgIpc) is 2.26. The summed E-state index contributed by atoms with van der Waals surface area (Å²) in [6.45, 7) is 3.49. The molecule has 0 aliphatic carbocycles. The van der Waals surface area contributed by atoms with E-state index in [-0.39, 0.29) is 5.69 Å². The Balaban J connectivity index is 2.66. The lowest BCUT2D eigenvalue weighted by molar-refractivity contribution is -0.658. The van der Waals surface area contributed by atoms with Crippen molar-refractivity contribution in [1.29, 1.82) is 0 Å². The minimum Gasteiger partial charge on any atom is -0.382 e. The predicted molar refractivity (Wildman–Crippen MR) is 55.4 cm³/mol. The van der Waals surface area contributed by atoms with Crippen LogP contribution in [0.5, 0.6) is 0 Å². The maximum atomic E-state index is 10.4. The lowest BCUT2D eigenvalue weighted by Gasteiger charge is -2.08. The highest BCUT2D eigenvalue weighted by Crippen LogP contribution is 2.16. The van der Waals surface area contributed by atoms with Crippen molar-refractivity contribution in [1.82, 2.24) is 0 Å². The smallest absolute Gasteiger partial charge is 0.269 e. The number of hydrogen-bond donors (Lipinski definition) is 2. The SMILES string of the molecule is CC[NH2+]C[C@H](O)c1ccc([N+](=O)[O-])cc1. The Hall–Kier alpha value is -1.46. The first-order valence-corrected chi connectivity index (χ1v) is 4.89. The molecule has 1 rings (SSSR count). The first-order chi connectivity index (χ1) is 7.15. The summed E-state index contributed by atoms with van der Waals surface area (Å²) in [5.41, 5.74) is 0.760. The summed E-state index contributed by atoms with van der Waals surface area (Å²) in [6, 6.07) is 5.99. The van der Waals surface area contributed by atoms with E-state index >= 15 is 0 Å². The van der Waals surface area contributed by atoms with Crippen molar-refractivity contribution < 1.29 is 15.3 Å². The van der Waals surface area contributed by atoms with E-state index in [1.54, 1.807) is 12.1 Å². The number of benzene rings is 1. The second kappa shape index (κ2) is 5.43. The second-order valence-corrected chi connectivity index (χ2v) is 3.30. The van der Waals surface area contributed by atoms with Crippen molar-refractivity contribution >= 4 is 5.69 Å². The zero-order chi connectivity index (χ0) is 11.3. The fourth-order valence-electron chi connectivity index (χ4n) is 1.28. The molecule has 0 fully saturated rings. The Labute approximate surface area is 87.9 Å². The van der Waals surface area contributed by atoms with E-state index in [0.29, 0.717) is 12.1 Å². The molecule has 5 heteroatoms.